The largest absolute Gasteiger partial charge is 0.388 e. The van der Waals surface area contributed by atoms with Crippen molar-refractivity contribution in [2.75, 3.05) is 0 Å². The molecule has 1 atom stereocenters. The average molecular weight is 247 g/mol. The van der Waals surface area contributed by atoms with Crippen LogP contribution in [0.3, 0.4) is 0 Å². The summed E-state index contributed by atoms with van der Waals surface area (Å²) in [6.07, 6.45) is 9.19. The van der Waals surface area contributed by atoms with E-state index in [9.17, 15) is 5.11 Å². The number of rotatable bonds is 1. The molecule has 0 radical (unpaired) electrons. The minimum atomic E-state index is -0.269. The van der Waals surface area contributed by atoms with E-state index in [0.717, 1.165) is 12.8 Å². The molecule has 2 heteroatoms. The van der Waals surface area contributed by atoms with Crippen molar-refractivity contribution in [1.82, 2.24) is 4.57 Å². The van der Waals surface area contributed by atoms with Crippen molar-refractivity contribution in [1.29, 1.82) is 0 Å². The number of aliphatic hydroxyl groups excluding tert-OH is 1. The molecule has 2 aliphatic carbocycles. The monoisotopic (exact) mass is 247 g/mol. The molecular weight excluding hydrogens is 222 g/mol. The van der Waals surface area contributed by atoms with Crippen molar-refractivity contribution >= 4 is 0 Å². The van der Waals surface area contributed by atoms with E-state index in [2.05, 4.69) is 37.6 Å². The van der Waals surface area contributed by atoms with E-state index in [1.165, 1.54) is 36.9 Å². The van der Waals surface area contributed by atoms with E-state index >= 15 is 0 Å². The van der Waals surface area contributed by atoms with Crippen molar-refractivity contribution in [3.05, 3.63) is 23.5 Å². The molecule has 100 valence electrons. The summed E-state index contributed by atoms with van der Waals surface area (Å²) in [5.74, 6) is 0. The van der Waals surface area contributed by atoms with Gasteiger partial charge in [-0.1, -0.05) is 26.7 Å². The summed E-state index contributed by atoms with van der Waals surface area (Å²) in [5, 5.41) is 10.3. The molecule has 2 aliphatic rings. The zero-order chi connectivity index (χ0) is 13.0. The molecule has 1 fully saturated rings. The highest BCUT2D eigenvalue weighted by molar-refractivity contribution is 5.30. The van der Waals surface area contributed by atoms with E-state index in [0.29, 0.717) is 5.54 Å². The molecule has 1 aromatic rings. The summed E-state index contributed by atoms with van der Waals surface area (Å²) in [6, 6.07) is 2.15. The van der Waals surface area contributed by atoms with Crippen LogP contribution in [0.4, 0.5) is 0 Å². The van der Waals surface area contributed by atoms with Gasteiger partial charge in [-0.05, 0) is 44.1 Å². The van der Waals surface area contributed by atoms with E-state index in [4.69, 9.17) is 0 Å². The second-order valence-electron chi connectivity index (χ2n) is 7.35. The molecule has 0 aliphatic heterocycles. The molecule has 1 aromatic heterocycles. The van der Waals surface area contributed by atoms with Gasteiger partial charge in [0.25, 0.3) is 0 Å². The second-order valence-corrected chi connectivity index (χ2v) is 7.35. The van der Waals surface area contributed by atoms with Crippen LogP contribution >= 0.6 is 0 Å². The standard InChI is InChI=1S/C16H25NO/c1-15(2)10-13-12(14(18)11-15)6-9-17(13)16(3)7-4-5-8-16/h6,9,14,18H,4-5,7-8,10-11H2,1-3H3. The Hall–Kier alpha value is -0.760. The molecule has 0 bridgehead atoms. The summed E-state index contributed by atoms with van der Waals surface area (Å²) in [7, 11) is 0. The maximum absolute atomic E-state index is 10.3. The molecule has 0 amide bonds. The summed E-state index contributed by atoms with van der Waals surface area (Å²) in [5.41, 5.74) is 3.09. The smallest absolute Gasteiger partial charge is 0.0812 e. The number of fused-ring (bicyclic) bond motifs is 1. The molecule has 18 heavy (non-hydrogen) atoms. The SMILES string of the molecule is CC1(C)Cc2c(ccn2C2(C)CCCC2)C(O)C1. The lowest BCUT2D eigenvalue weighted by Crippen LogP contribution is -2.32. The fraction of sp³-hybridized carbons (Fsp3) is 0.750. The Morgan fingerprint density at radius 2 is 1.89 bits per heavy atom. The zero-order valence-electron chi connectivity index (χ0n) is 11.9. The minimum Gasteiger partial charge on any atom is -0.388 e. The van der Waals surface area contributed by atoms with Gasteiger partial charge >= 0.3 is 0 Å². The van der Waals surface area contributed by atoms with Gasteiger partial charge in [-0.2, -0.15) is 0 Å². The van der Waals surface area contributed by atoms with E-state index in [1.807, 2.05) is 0 Å². The van der Waals surface area contributed by atoms with Crippen molar-refractivity contribution < 1.29 is 5.11 Å². The highest BCUT2D eigenvalue weighted by Crippen LogP contribution is 2.45. The van der Waals surface area contributed by atoms with Crippen molar-refractivity contribution in [2.45, 2.75) is 70.9 Å². The van der Waals surface area contributed by atoms with Crippen LogP contribution in [0.25, 0.3) is 0 Å². The lowest BCUT2D eigenvalue weighted by Gasteiger charge is -2.37. The quantitative estimate of drug-likeness (QED) is 0.802. The third kappa shape index (κ3) is 1.82. The number of aliphatic hydroxyl groups is 1. The van der Waals surface area contributed by atoms with E-state index in [-0.39, 0.29) is 11.5 Å². The van der Waals surface area contributed by atoms with Gasteiger partial charge < -0.3 is 9.67 Å². The molecule has 1 saturated carbocycles. The third-order valence-corrected chi connectivity index (χ3v) is 5.04. The van der Waals surface area contributed by atoms with Crippen LogP contribution < -0.4 is 0 Å². The van der Waals surface area contributed by atoms with Crippen molar-refractivity contribution in [3.8, 4) is 0 Å². The van der Waals surface area contributed by atoms with Crippen LogP contribution in [0.2, 0.25) is 0 Å². The third-order valence-electron chi connectivity index (χ3n) is 5.04. The predicted molar refractivity (Wildman–Crippen MR) is 73.6 cm³/mol. The number of hydrogen-bond donors (Lipinski definition) is 1. The summed E-state index contributed by atoms with van der Waals surface area (Å²) >= 11 is 0. The fourth-order valence-electron chi connectivity index (χ4n) is 4.01. The highest BCUT2D eigenvalue weighted by atomic mass is 16.3. The Bertz CT molecular complexity index is 452. The van der Waals surface area contributed by atoms with Crippen LogP contribution in [-0.2, 0) is 12.0 Å². The van der Waals surface area contributed by atoms with Crippen molar-refractivity contribution in [2.24, 2.45) is 5.41 Å². The normalized spacial score (nSPS) is 29.2. The van der Waals surface area contributed by atoms with Crippen LogP contribution in [0.5, 0.6) is 0 Å². The molecular formula is C16H25NO. The van der Waals surface area contributed by atoms with Gasteiger partial charge in [0.2, 0.25) is 0 Å². The van der Waals surface area contributed by atoms with Crippen LogP contribution in [0.1, 0.15) is 70.2 Å². The van der Waals surface area contributed by atoms with E-state index < -0.39 is 0 Å². The Morgan fingerprint density at radius 3 is 2.56 bits per heavy atom. The number of nitrogens with zero attached hydrogens (tertiary/aromatic N) is 1. The lowest BCUT2D eigenvalue weighted by molar-refractivity contribution is 0.0960. The Kier molecular flexibility index (Phi) is 2.64. The first-order chi connectivity index (χ1) is 8.41. The molecule has 2 nitrogen and oxygen atoms in total. The fourth-order valence-corrected chi connectivity index (χ4v) is 4.01. The van der Waals surface area contributed by atoms with Crippen LogP contribution in [-0.4, -0.2) is 9.67 Å². The minimum absolute atomic E-state index is 0.220. The summed E-state index contributed by atoms with van der Waals surface area (Å²) in [4.78, 5) is 0. The van der Waals surface area contributed by atoms with Crippen LogP contribution in [0, 0.1) is 5.41 Å². The van der Waals surface area contributed by atoms with E-state index in [1.54, 1.807) is 0 Å². The second kappa shape index (κ2) is 3.86. The lowest BCUT2D eigenvalue weighted by atomic mass is 9.75. The van der Waals surface area contributed by atoms with Gasteiger partial charge in [0, 0.05) is 23.0 Å². The Balaban J connectivity index is 2.04. The Morgan fingerprint density at radius 1 is 1.22 bits per heavy atom. The molecule has 0 saturated heterocycles. The van der Waals surface area contributed by atoms with Gasteiger partial charge in [-0.15, -0.1) is 0 Å². The predicted octanol–water partition coefficient (Wildman–Crippen LogP) is 3.78. The maximum Gasteiger partial charge on any atom is 0.0812 e. The number of aromatic nitrogens is 1. The molecule has 0 spiro atoms. The first-order valence-corrected chi connectivity index (χ1v) is 7.30. The molecule has 1 heterocycles. The molecule has 0 aromatic carbocycles. The number of hydrogen-bond acceptors (Lipinski definition) is 1. The first-order valence-electron chi connectivity index (χ1n) is 7.30. The zero-order valence-corrected chi connectivity index (χ0v) is 11.9. The summed E-state index contributed by atoms with van der Waals surface area (Å²) < 4.78 is 2.49. The van der Waals surface area contributed by atoms with Gasteiger partial charge in [-0.25, -0.2) is 0 Å². The van der Waals surface area contributed by atoms with Gasteiger partial charge in [-0.3, -0.25) is 0 Å². The first kappa shape index (κ1) is 12.3. The Labute approximate surface area is 110 Å². The topological polar surface area (TPSA) is 25.2 Å². The highest BCUT2D eigenvalue weighted by Gasteiger charge is 2.38. The van der Waals surface area contributed by atoms with Gasteiger partial charge in [0.1, 0.15) is 0 Å². The van der Waals surface area contributed by atoms with Crippen molar-refractivity contribution in [3.63, 3.8) is 0 Å². The van der Waals surface area contributed by atoms with Gasteiger partial charge in [0.05, 0.1) is 6.10 Å². The average Bonchev–Trinajstić information content (AvgIpc) is 2.83. The molecule has 1 unspecified atom stereocenters. The summed E-state index contributed by atoms with van der Waals surface area (Å²) in [6.45, 7) is 6.93. The molecule has 1 N–H and O–H groups in total. The van der Waals surface area contributed by atoms with Crippen LogP contribution in [0.15, 0.2) is 12.3 Å². The maximum atomic E-state index is 10.3. The molecule has 3 rings (SSSR count). The van der Waals surface area contributed by atoms with Gasteiger partial charge in [0.15, 0.2) is 0 Å².